The van der Waals surface area contributed by atoms with Crippen molar-refractivity contribution in [2.45, 2.75) is 0 Å². The number of nitrogens with one attached hydrogen (secondary N) is 2. The summed E-state index contributed by atoms with van der Waals surface area (Å²) in [5.74, 6) is -2.46. The molecule has 0 unspecified atom stereocenters. The predicted octanol–water partition coefficient (Wildman–Crippen LogP) is 1.84. The number of fused-ring (bicyclic) bond motifs is 1. The first-order valence-electron chi connectivity index (χ1n) is 8.24. The molecular weight excluding hydrogens is 444 g/mol. The normalized spacial score (nSPS) is 12.4. The van der Waals surface area contributed by atoms with E-state index in [1.54, 1.807) is 24.3 Å². The lowest BCUT2D eigenvalue weighted by molar-refractivity contribution is 0.0878. The minimum absolute atomic E-state index is 0.129. The summed E-state index contributed by atoms with van der Waals surface area (Å²) >= 11 is 3.29. The third kappa shape index (κ3) is 3.41. The molecule has 0 bridgehead atoms. The van der Waals surface area contributed by atoms with Gasteiger partial charge in [0.25, 0.3) is 23.3 Å². The van der Waals surface area contributed by atoms with Crippen molar-refractivity contribution in [1.29, 1.82) is 0 Å². The number of amides is 3. The highest BCUT2D eigenvalue weighted by atomic mass is 79.9. The highest BCUT2D eigenvalue weighted by Crippen LogP contribution is 2.22. The second-order valence-corrected chi connectivity index (χ2v) is 7.02. The SMILES string of the molecule is O=C1NC(=O)c2cc(NC(=O)c3nn(-c4ccc(Br)cc4)c(=O)cc3O)ccc21. The Morgan fingerprint density at radius 3 is 2.41 bits per heavy atom. The van der Waals surface area contributed by atoms with Gasteiger partial charge in [-0.2, -0.15) is 9.78 Å². The summed E-state index contributed by atoms with van der Waals surface area (Å²) in [5.41, 5.74) is -0.0358. The number of rotatable bonds is 3. The van der Waals surface area contributed by atoms with Crippen molar-refractivity contribution in [3.05, 3.63) is 80.2 Å². The van der Waals surface area contributed by atoms with Gasteiger partial charge in [-0.1, -0.05) is 15.9 Å². The average molecular weight is 455 g/mol. The largest absolute Gasteiger partial charge is 0.505 e. The maximum absolute atomic E-state index is 12.6. The van der Waals surface area contributed by atoms with E-state index in [1.165, 1.54) is 18.2 Å². The Morgan fingerprint density at radius 2 is 1.69 bits per heavy atom. The smallest absolute Gasteiger partial charge is 0.279 e. The molecule has 1 aromatic heterocycles. The van der Waals surface area contributed by atoms with Crippen LogP contribution in [0.2, 0.25) is 0 Å². The molecule has 1 aliphatic rings. The van der Waals surface area contributed by atoms with Crippen LogP contribution in [0.3, 0.4) is 0 Å². The van der Waals surface area contributed by atoms with Crippen LogP contribution in [0.1, 0.15) is 31.2 Å². The molecule has 1 aliphatic heterocycles. The highest BCUT2D eigenvalue weighted by Gasteiger charge is 2.27. The van der Waals surface area contributed by atoms with E-state index in [0.29, 0.717) is 5.69 Å². The monoisotopic (exact) mass is 454 g/mol. The predicted molar refractivity (Wildman–Crippen MR) is 105 cm³/mol. The van der Waals surface area contributed by atoms with Gasteiger partial charge in [-0.3, -0.25) is 24.5 Å². The second-order valence-electron chi connectivity index (χ2n) is 6.10. The number of aromatic nitrogens is 2. The summed E-state index contributed by atoms with van der Waals surface area (Å²) < 4.78 is 1.78. The molecule has 0 fully saturated rings. The fourth-order valence-corrected chi connectivity index (χ4v) is 3.08. The molecule has 3 N–H and O–H groups in total. The van der Waals surface area contributed by atoms with Crippen LogP contribution in [0.4, 0.5) is 5.69 Å². The topological polar surface area (TPSA) is 130 Å². The van der Waals surface area contributed by atoms with E-state index in [1.807, 2.05) is 0 Å². The molecule has 10 heteroatoms. The number of imide groups is 1. The molecule has 3 amide bonds. The van der Waals surface area contributed by atoms with Gasteiger partial charge >= 0.3 is 0 Å². The van der Waals surface area contributed by atoms with E-state index in [0.717, 1.165) is 15.2 Å². The quantitative estimate of drug-likeness (QED) is 0.517. The number of halogens is 1. The molecule has 2 heterocycles. The van der Waals surface area contributed by atoms with Crippen molar-refractivity contribution < 1.29 is 19.5 Å². The summed E-state index contributed by atoms with van der Waals surface area (Å²) in [7, 11) is 0. The van der Waals surface area contributed by atoms with Crippen LogP contribution in [-0.2, 0) is 0 Å². The molecule has 2 aromatic carbocycles. The number of aromatic hydroxyl groups is 1. The zero-order chi connectivity index (χ0) is 20.7. The molecule has 9 nitrogen and oxygen atoms in total. The van der Waals surface area contributed by atoms with Gasteiger partial charge in [0.05, 0.1) is 16.8 Å². The van der Waals surface area contributed by atoms with Crippen molar-refractivity contribution in [2.24, 2.45) is 0 Å². The van der Waals surface area contributed by atoms with E-state index < -0.39 is 29.0 Å². The number of carbonyl (C=O) groups excluding carboxylic acids is 3. The van der Waals surface area contributed by atoms with Gasteiger partial charge in [0.1, 0.15) is 0 Å². The lowest BCUT2D eigenvalue weighted by Crippen LogP contribution is -2.25. The third-order valence-electron chi connectivity index (χ3n) is 4.19. The number of benzene rings is 2. The molecule has 144 valence electrons. The van der Waals surface area contributed by atoms with Crippen LogP contribution in [0.5, 0.6) is 5.75 Å². The van der Waals surface area contributed by atoms with E-state index >= 15 is 0 Å². The van der Waals surface area contributed by atoms with E-state index in [9.17, 15) is 24.3 Å². The van der Waals surface area contributed by atoms with E-state index in [-0.39, 0.29) is 22.5 Å². The van der Waals surface area contributed by atoms with Crippen LogP contribution in [0.15, 0.2) is 57.8 Å². The van der Waals surface area contributed by atoms with Crippen LogP contribution in [0, 0.1) is 0 Å². The van der Waals surface area contributed by atoms with Crippen molar-refractivity contribution in [3.8, 4) is 11.4 Å². The standard InChI is InChI=1S/C19H11BrN4O5/c20-9-1-4-11(5-2-9)24-15(26)8-14(25)16(23-24)19(29)21-10-3-6-12-13(7-10)18(28)22-17(12)27/h1-8,25H,(H,21,29)(H,22,27,28). The Labute approximate surface area is 171 Å². The van der Waals surface area contributed by atoms with Gasteiger partial charge in [0, 0.05) is 16.2 Å². The molecule has 3 aromatic rings. The Balaban J connectivity index is 1.67. The van der Waals surface area contributed by atoms with Gasteiger partial charge in [0.2, 0.25) is 0 Å². The van der Waals surface area contributed by atoms with Gasteiger partial charge in [0.15, 0.2) is 11.4 Å². The van der Waals surface area contributed by atoms with Crippen molar-refractivity contribution in [2.75, 3.05) is 5.32 Å². The van der Waals surface area contributed by atoms with Crippen LogP contribution < -0.4 is 16.2 Å². The van der Waals surface area contributed by atoms with E-state index in [4.69, 9.17) is 0 Å². The number of nitrogens with zero attached hydrogens (tertiary/aromatic N) is 2. The average Bonchev–Trinajstić information content (AvgIpc) is 2.96. The first-order chi connectivity index (χ1) is 13.8. The highest BCUT2D eigenvalue weighted by molar-refractivity contribution is 9.10. The molecule has 0 aliphatic carbocycles. The van der Waals surface area contributed by atoms with E-state index in [2.05, 4.69) is 31.7 Å². The molecule has 29 heavy (non-hydrogen) atoms. The lowest BCUT2D eigenvalue weighted by Gasteiger charge is -2.10. The van der Waals surface area contributed by atoms with Gasteiger partial charge in [-0.25, -0.2) is 0 Å². The summed E-state index contributed by atoms with van der Waals surface area (Å²) in [6, 6.07) is 11.7. The summed E-state index contributed by atoms with van der Waals surface area (Å²) in [5, 5.41) is 18.6. The van der Waals surface area contributed by atoms with Gasteiger partial charge in [-0.05, 0) is 42.5 Å². The zero-order valence-corrected chi connectivity index (χ0v) is 16.1. The Hall–Kier alpha value is -3.79. The maximum Gasteiger partial charge on any atom is 0.279 e. The molecule has 4 rings (SSSR count). The fourth-order valence-electron chi connectivity index (χ4n) is 2.81. The molecule has 0 atom stereocenters. The first kappa shape index (κ1) is 18.6. The Bertz CT molecular complexity index is 1250. The second kappa shape index (κ2) is 6.99. The van der Waals surface area contributed by atoms with Crippen LogP contribution in [-0.4, -0.2) is 32.6 Å². The molecule has 0 saturated carbocycles. The number of carbonyl (C=O) groups is 3. The van der Waals surface area contributed by atoms with Crippen molar-refractivity contribution in [1.82, 2.24) is 15.1 Å². The summed E-state index contributed by atoms with van der Waals surface area (Å²) in [6.07, 6.45) is 0. The Morgan fingerprint density at radius 1 is 1.00 bits per heavy atom. The van der Waals surface area contributed by atoms with Crippen molar-refractivity contribution >= 4 is 39.3 Å². The summed E-state index contributed by atoms with van der Waals surface area (Å²) in [6.45, 7) is 0. The Kier molecular flexibility index (Phi) is 4.47. The maximum atomic E-state index is 12.6. The molecule has 0 saturated heterocycles. The molecular formula is C19H11BrN4O5. The van der Waals surface area contributed by atoms with Crippen molar-refractivity contribution in [3.63, 3.8) is 0 Å². The molecule has 0 spiro atoms. The minimum Gasteiger partial charge on any atom is -0.505 e. The first-order valence-corrected chi connectivity index (χ1v) is 9.03. The zero-order valence-electron chi connectivity index (χ0n) is 14.5. The van der Waals surface area contributed by atoms with Crippen LogP contribution >= 0.6 is 15.9 Å². The van der Waals surface area contributed by atoms with Crippen LogP contribution in [0.25, 0.3) is 5.69 Å². The van der Waals surface area contributed by atoms with Gasteiger partial charge < -0.3 is 10.4 Å². The fraction of sp³-hybridized carbons (Fsp3) is 0. The number of hydrogen-bond donors (Lipinski definition) is 3. The number of hydrogen-bond acceptors (Lipinski definition) is 6. The number of anilines is 1. The lowest BCUT2D eigenvalue weighted by atomic mass is 10.1. The molecule has 0 radical (unpaired) electrons. The summed E-state index contributed by atoms with van der Waals surface area (Å²) in [4.78, 5) is 48.1. The van der Waals surface area contributed by atoms with Gasteiger partial charge in [-0.15, -0.1) is 0 Å². The third-order valence-corrected chi connectivity index (χ3v) is 4.72. The minimum atomic E-state index is -0.793.